The number of halogens is 1. The minimum Gasteiger partial charge on any atom is -0.340 e. The number of hydrogen-bond donors (Lipinski definition) is 1. The summed E-state index contributed by atoms with van der Waals surface area (Å²) in [5, 5.41) is 4.71. The van der Waals surface area contributed by atoms with Gasteiger partial charge < -0.3 is 5.32 Å². The maximum absolute atomic E-state index is 6.05. The minimum absolute atomic E-state index is 0.273. The van der Waals surface area contributed by atoms with Crippen molar-refractivity contribution in [2.45, 2.75) is 27.7 Å². The Morgan fingerprint density at radius 3 is 2.52 bits per heavy atom. The maximum Gasteiger partial charge on any atom is 0.225 e. The number of aromatic nitrogens is 2. The molecule has 0 saturated carbocycles. The first-order valence-corrected chi connectivity index (χ1v) is 7.92. The van der Waals surface area contributed by atoms with Crippen LogP contribution in [-0.4, -0.2) is 9.97 Å². The zero-order valence-corrected chi connectivity index (χ0v) is 14.0. The molecular formula is C16H16ClN3S. The summed E-state index contributed by atoms with van der Waals surface area (Å²) in [6, 6.07) is 6.27. The van der Waals surface area contributed by atoms with Crippen molar-refractivity contribution in [1.82, 2.24) is 9.97 Å². The molecular weight excluding hydrogens is 302 g/mol. The van der Waals surface area contributed by atoms with Crippen LogP contribution in [0, 0.1) is 27.7 Å². The molecule has 0 aliphatic carbocycles. The highest BCUT2D eigenvalue weighted by Gasteiger charge is 2.14. The topological polar surface area (TPSA) is 37.8 Å². The van der Waals surface area contributed by atoms with E-state index in [0.717, 1.165) is 21.7 Å². The molecule has 3 nitrogen and oxygen atoms in total. The van der Waals surface area contributed by atoms with E-state index in [1.807, 2.05) is 0 Å². The number of hydrogen-bond acceptors (Lipinski definition) is 4. The lowest BCUT2D eigenvalue weighted by Crippen LogP contribution is -1.97. The lowest BCUT2D eigenvalue weighted by molar-refractivity contribution is 1.22. The maximum atomic E-state index is 6.05. The van der Waals surface area contributed by atoms with Crippen molar-refractivity contribution in [1.29, 1.82) is 0 Å². The molecule has 0 radical (unpaired) electrons. The van der Waals surface area contributed by atoms with Crippen molar-refractivity contribution in [3.63, 3.8) is 0 Å². The highest BCUT2D eigenvalue weighted by Crippen LogP contribution is 2.35. The third kappa shape index (κ3) is 2.61. The van der Waals surface area contributed by atoms with Crippen molar-refractivity contribution in [2.24, 2.45) is 0 Å². The van der Waals surface area contributed by atoms with Gasteiger partial charge in [0, 0.05) is 10.6 Å². The quantitative estimate of drug-likeness (QED) is 0.650. The lowest BCUT2D eigenvalue weighted by atomic mass is 10.1. The van der Waals surface area contributed by atoms with E-state index in [9.17, 15) is 0 Å². The van der Waals surface area contributed by atoms with E-state index in [1.165, 1.54) is 21.6 Å². The number of benzene rings is 1. The SMILES string of the molecule is Cc1ccc(Nc2nc(Cl)nc3sc(C)c(C)c23)cc1C. The molecule has 3 aromatic rings. The lowest BCUT2D eigenvalue weighted by Gasteiger charge is -2.10. The molecule has 0 spiro atoms. The van der Waals surface area contributed by atoms with E-state index in [-0.39, 0.29) is 5.28 Å². The molecule has 0 aliphatic rings. The van der Waals surface area contributed by atoms with Crippen LogP contribution in [0.15, 0.2) is 18.2 Å². The van der Waals surface area contributed by atoms with Gasteiger partial charge in [-0.05, 0) is 68.1 Å². The number of nitrogens with one attached hydrogen (secondary N) is 1. The first-order chi connectivity index (χ1) is 9.95. The second-order valence-electron chi connectivity index (χ2n) is 5.23. The van der Waals surface area contributed by atoms with Crippen molar-refractivity contribution < 1.29 is 0 Å². The molecule has 0 saturated heterocycles. The molecule has 0 fully saturated rings. The van der Waals surface area contributed by atoms with Crippen molar-refractivity contribution in [2.75, 3.05) is 5.32 Å². The molecule has 0 amide bonds. The average molecular weight is 318 g/mol. The van der Waals surface area contributed by atoms with Crippen molar-refractivity contribution in [3.8, 4) is 0 Å². The van der Waals surface area contributed by atoms with E-state index < -0.39 is 0 Å². The van der Waals surface area contributed by atoms with Gasteiger partial charge in [-0.3, -0.25) is 0 Å². The largest absolute Gasteiger partial charge is 0.340 e. The Kier molecular flexibility index (Phi) is 3.59. The second-order valence-corrected chi connectivity index (χ2v) is 6.77. The standard InChI is InChI=1S/C16H16ClN3S/c1-8-5-6-12(7-9(8)2)18-14-13-10(3)11(4)21-15(13)20-16(17)19-14/h5-7H,1-4H3,(H,18,19,20). The molecule has 0 atom stereocenters. The van der Waals surface area contributed by atoms with Gasteiger partial charge in [0.05, 0.1) is 5.39 Å². The van der Waals surface area contributed by atoms with Crippen LogP contribution in [0.25, 0.3) is 10.2 Å². The number of nitrogens with zero attached hydrogens (tertiary/aromatic N) is 2. The third-order valence-electron chi connectivity index (χ3n) is 3.77. The first kappa shape index (κ1) is 14.3. The van der Waals surface area contributed by atoms with Gasteiger partial charge in [0.1, 0.15) is 10.6 Å². The molecule has 5 heteroatoms. The number of aryl methyl sites for hydroxylation is 4. The predicted molar refractivity (Wildman–Crippen MR) is 91.1 cm³/mol. The zero-order chi connectivity index (χ0) is 15.1. The zero-order valence-electron chi connectivity index (χ0n) is 12.4. The fraction of sp³-hybridized carbons (Fsp3) is 0.250. The number of rotatable bonds is 2. The van der Waals surface area contributed by atoms with E-state index in [4.69, 9.17) is 11.6 Å². The van der Waals surface area contributed by atoms with Crippen LogP contribution in [-0.2, 0) is 0 Å². The van der Waals surface area contributed by atoms with Gasteiger partial charge in [0.15, 0.2) is 0 Å². The third-order valence-corrected chi connectivity index (χ3v) is 5.04. The van der Waals surface area contributed by atoms with Gasteiger partial charge in [0.25, 0.3) is 0 Å². The predicted octanol–water partition coefficient (Wildman–Crippen LogP) is 5.32. The van der Waals surface area contributed by atoms with Gasteiger partial charge >= 0.3 is 0 Å². The van der Waals surface area contributed by atoms with E-state index in [0.29, 0.717) is 0 Å². The van der Waals surface area contributed by atoms with Crippen LogP contribution in [0.3, 0.4) is 0 Å². The van der Waals surface area contributed by atoms with E-state index in [2.05, 4.69) is 61.2 Å². The first-order valence-electron chi connectivity index (χ1n) is 6.73. The second kappa shape index (κ2) is 5.28. The van der Waals surface area contributed by atoms with Crippen LogP contribution in [0.2, 0.25) is 5.28 Å². The van der Waals surface area contributed by atoms with Crippen LogP contribution >= 0.6 is 22.9 Å². The summed E-state index contributed by atoms with van der Waals surface area (Å²) in [6.07, 6.45) is 0. The highest BCUT2D eigenvalue weighted by molar-refractivity contribution is 7.18. The Morgan fingerprint density at radius 2 is 1.81 bits per heavy atom. The molecule has 2 aromatic heterocycles. The molecule has 2 heterocycles. The monoisotopic (exact) mass is 317 g/mol. The number of fused-ring (bicyclic) bond motifs is 1. The molecule has 0 bridgehead atoms. The molecule has 21 heavy (non-hydrogen) atoms. The molecule has 0 unspecified atom stereocenters. The number of anilines is 2. The fourth-order valence-corrected chi connectivity index (χ4v) is 3.52. The van der Waals surface area contributed by atoms with E-state index >= 15 is 0 Å². The summed E-state index contributed by atoms with van der Waals surface area (Å²) < 4.78 is 0. The smallest absolute Gasteiger partial charge is 0.225 e. The Morgan fingerprint density at radius 1 is 1.05 bits per heavy atom. The average Bonchev–Trinajstić information content (AvgIpc) is 2.69. The van der Waals surface area contributed by atoms with Crippen LogP contribution in [0.1, 0.15) is 21.6 Å². The fourth-order valence-electron chi connectivity index (χ4n) is 2.27. The Hall–Kier alpha value is -1.65. The Balaban J connectivity index is 2.13. The van der Waals surface area contributed by atoms with Crippen LogP contribution in [0.5, 0.6) is 0 Å². The molecule has 1 N–H and O–H groups in total. The van der Waals surface area contributed by atoms with Crippen molar-refractivity contribution in [3.05, 3.63) is 45.1 Å². The van der Waals surface area contributed by atoms with Crippen LogP contribution in [0.4, 0.5) is 11.5 Å². The molecule has 0 aliphatic heterocycles. The summed E-state index contributed by atoms with van der Waals surface area (Å²) in [5.41, 5.74) is 4.74. The van der Waals surface area contributed by atoms with Gasteiger partial charge in [-0.1, -0.05) is 6.07 Å². The summed E-state index contributed by atoms with van der Waals surface area (Å²) in [6.45, 7) is 8.39. The van der Waals surface area contributed by atoms with Crippen LogP contribution < -0.4 is 5.32 Å². The summed E-state index contributed by atoms with van der Waals surface area (Å²) in [4.78, 5) is 10.9. The highest BCUT2D eigenvalue weighted by atomic mass is 35.5. The minimum atomic E-state index is 0.273. The van der Waals surface area contributed by atoms with Gasteiger partial charge in [-0.15, -0.1) is 11.3 Å². The van der Waals surface area contributed by atoms with E-state index in [1.54, 1.807) is 11.3 Å². The van der Waals surface area contributed by atoms with Gasteiger partial charge in [-0.2, -0.15) is 4.98 Å². The summed E-state index contributed by atoms with van der Waals surface area (Å²) in [5.74, 6) is 0.773. The molecule has 108 valence electrons. The molecule has 1 aromatic carbocycles. The summed E-state index contributed by atoms with van der Waals surface area (Å²) in [7, 11) is 0. The Bertz CT molecular complexity index is 839. The van der Waals surface area contributed by atoms with Gasteiger partial charge in [-0.25, -0.2) is 4.98 Å². The van der Waals surface area contributed by atoms with Crippen molar-refractivity contribution >= 4 is 44.7 Å². The number of thiophene rings is 1. The summed E-state index contributed by atoms with van der Waals surface area (Å²) >= 11 is 7.70. The Labute approximate surface area is 133 Å². The van der Waals surface area contributed by atoms with Gasteiger partial charge in [0.2, 0.25) is 5.28 Å². The molecule has 3 rings (SSSR count). The normalized spacial score (nSPS) is 11.1.